The molecule has 1 unspecified atom stereocenters. The predicted molar refractivity (Wildman–Crippen MR) is 155 cm³/mol. The summed E-state index contributed by atoms with van der Waals surface area (Å²) in [6.45, 7) is 5.62. The topological polar surface area (TPSA) is 139 Å². The van der Waals surface area contributed by atoms with Crippen LogP contribution in [-0.2, 0) is 20.9 Å². The number of likely N-dealkylation sites (N-methyl/N-ethyl adjacent to an activating group) is 1. The smallest absolute Gasteiger partial charge is 0.475 e. The number of pyridine rings is 1. The number of piperazine rings is 1. The molecule has 2 aliphatic rings. The molecule has 3 aromatic rings. The van der Waals surface area contributed by atoms with Gasteiger partial charge in [-0.05, 0) is 38.1 Å². The molecule has 2 aromatic heterocycles. The van der Waals surface area contributed by atoms with Crippen LogP contribution in [0, 0.1) is 5.82 Å². The molecule has 0 radical (unpaired) electrons. The molecule has 1 atom stereocenters. The highest BCUT2D eigenvalue weighted by Gasteiger charge is 2.39. The van der Waals surface area contributed by atoms with Gasteiger partial charge in [-0.1, -0.05) is 24.3 Å². The molecule has 50 heavy (non-hydrogen) atoms. The zero-order valence-corrected chi connectivity index (χ0v) is 25.9. The standard InChI is InChI=1S/C23H28FN5.3C2HF3O2/c1-26-13-14-27(15-18-7-2-3-8-19(18)24)17-21(26)20-16-29-22(25-20)9-6-10-23(29)28-11-4-5-12-28;3*3-2(4,5)1(6)7/h2-3,6-10,16,21H,4-5,11-15,17H2,1H3;3*(H,6,7). The fourth-order valence-electron chi connectivity index (χ4n) is 4.64. The zero-order chi connectivity index (χ0) is 38.0. The van der Waals surface area contributed by atoms with Crippen molar-refractivity contribution in [2.45, 2.75) is 44.0 Å². The summed E-state index contributed by atoms with van der Waals surface area (Å²) < 4.78 is 112. The first-order chi connectivity index (χ1) is 23.0. The van der Waals surface area contributed by atoms with E-state index < -0.39 is 36.4 Å². The lowest BCUT2D eigenvalue weighted by Crippen LogP contribution is -2.46. The van der Waals surface area contributed by atoms with Gasteiger partial charge in [0.15, 0.2) is 0 Å². The minimum Gasteiger partial charge on any atom is -0.475 e. The number of hydrogen-bond donors (Lipinski definition) is 3. The van der Waals surface area contributed by atoms with Crippen LogP contribution in [0.3, 0.4) is 0 Å². The Morgan fingerprint density at radius 2 is 1.26 bits per heavy atom. The third-order valence-electron chi connectivity index (χ3n) is 7.07. The maximum atomic E-state index is 14.1. The molecule has 5 rings (SSSR count). The van der Waals surface area contributed by atoms with E-state index in [9.17, 15) is 43.9 Å². The van der Waals surface area contributed by atoms with Crippen LogP contribution in [0.2, 0.25) is 0 Å². The molecule has 3 N–H and O–H groups in total. The summed E-state index contributed by atoms with van der Waals surface area (Å²) in [6, 6.07) is 13.7. The number of halogens is 10. The fourth-order valence-corrected chi connectivity index (χ4v) is 4.64. The van der Waals surface area contributed by atoms with Crippen LogP contribution in [0.5, 0.6) is 0 Å². The van der Waals surface area contributed by atoms with Crippen LogP contribution in [0.1, 0.15) is 30.1 Å². The second-order valence-electron chi connectivity index (χ2n) is 10.7. The summed E-state index contributed by atoms with van der Waals surface area (Å²) in [6.07, 6.45) is -10.5. The van der Waals surface area contributed by atoms with Crippen molar-refractivity contribution in [3.8, 4) is 0 Å². The highest BCUT2D eigenvalue weighted by atomic mass is 19.4. The number of anilines is 1. The molecule has 278 valence electrons. The molecule has 2 saturated heterocycles. The first kappa shape index (κ1) is 41.5. The van der Waals surface area contributed by atoms with Gasteiger partial charge in [-0.2, -0.15) is 39.5 Å². The van der Waals surface area contributed by atoms with E-state index in [4.69, 9.17) is 34.7 Å². The van der Waals surface area contributed by atoms with Crippen LogP contribution < -0.4 is 4.90 Å². The third kappa shape index (κ3) is 12.7. The van der Waals surface area contributed by atoms with E-state index in [1.54, 1.807) is 12.1 Å². The summed E-state index contributed by atoms with van der Waals surface area (Å²) in [5, 5.41) is 21.4. The Hall–Kier alpha value is -4.66. The Morgan fingerprint density at radius 1 is 0.760 bits per heavy atom. The number of carboxylic acid groups (broad SMARTS) is 3. The van der Waals surface area contributed by atoms with Crippen molar-refractivity contribution < 1.29 is 73.6 Å². The number of alkyl halides is 9. The van der Waals surface area contributed by atoms with Crippen LogP contribution in [0.15, 0.2) is 48.7 Å². The van der Waals surface area contributed by atoms with Gasteiger partial charge in [-0.15, -0.1) is 0 Å². The van der Waals surface area contributed by atoms with Gasteiger partial charge in [0.2, 0.25) is 0 Å². The maximum absolute atomic E-state index is 14.1. The summed E-state index contributed by atoms with van der Waals surface area (Å²) >= 11 is 0. The highest BCUT2D eigenvalue weighted by Crippen LogP contribution is 2.28. The van der Waals surface area contributed by atoms with E-state index in [1.165, 1.54) is 18.7 Å². The summed E-state index contributed by atoms with van der Waals surface area (Å²) in [7, 11) is 2.16. The minimum absolute atomic E-state index is 0.119. The molecular formula is C29H31F10N5O6. The molecule has 0 amide bonds. The van der Waals surface area contributed by atoms with Gasteiger partial charge >= 0.3 is 36.4 Å². The first-order valence-corrected chi connectivity index (χ1v) is 14.3. The molecule has 4 heterocycles. The van der Waals surface area contributed by atoms with Crippen LogP contribution >= 0.6 is 0 Å². The van der Waals surface area contributed by atoms with Crippen LogP contribution in [-0.4, -0.2) is 111 Å². The molecule has 0 saturated carbocycles. The van der Waals surface area contributed by atoms with Crippen molar-refractivity contribution in [3.05, 3.63) is 65.7 Å². The number of carboxylic acids is 3. The van der Waals surface area contributed by atoms with Gasteiger partial charge in [0.25, 0.3) is 0 Å². The number of aromatic nitrogens is 2. The van der Waals surface area contributed by atoms with Gasteiger partial charge in [0.05, 0.1) is 11.7 Å². The molecule has 21 heteroatoms. The molecular weight excluding hydrogens is 704 g/mol. The number of nitrogens with zero attached hydrogens (tertiary/aromatic N) is 5. The average Bonchev–Trinajstić information content (AvgIpc) is 3.69. The number of aliphatic carboxylic acids is 3. The number of hydrogen-bond acceptors (Lipinski definition) is 7. The number of carbonyl (C=O) groups is 3. The highest BCUT2D eigenvalue weighted by molar-refractivity contribution is 5.73. The average molecular weight is 736 g/mol. The van der Waals surface area contributed by atoms with Gasteiger partial charge in [0, 0.05) is 51.0 Å². The SMILES string of the molecule is CN1CCN(Cc2ccccc2F)CC1c1cn2c(N3CCCC3)cccc2n1.O=C(O)C(F)(F)F.O=C(O)C(F)(F)F.O=C(O)C(F)(F)F. The Bertz CT molecular complexity index is 1530. The van der Waals surface area contributed by atoms with Crippen molar-refractivity contribution >= 4 is 29.4 Å². The first-order valence-electron chi connectivity index (χ1n) is 14.3. The number of imidazole rings is 1. The quantitative estimate of drug-likeness (QED) is 0.296. The third-order valence-corrected chi connectivity index (χ3v) is 7.07. The Balaban J connectivity index is 0.000000338. The van der Waals surface area contributed by atoms with Gasteiger partial charge in [-0.25, -0.2) is 23.8 Å². The Kier molecular flexibility index (Phi) is 14.4. The lowest BCUT2D eigenvalue weighted by molar-refractivity contribution is -0.193. The van der Waals surface area contributed by atoms with Crippen molar-refractivity contribution in [1.82, 2.24) is 19.2 Å². The molecule has 11 nitrogen and oxygen atoms in total. The maximum Gasteiger partial charge on any atom is 0.490 e. The van der Waals surface area contributed by atoms with Gasteiger partial charge in [0.1, 0.15) is 17.3 Å². The summed E-state index contributed by atoms with van der Waals surface area (Å²) in [5.41, 5.74) is 2.86. The number of benzene rings is 1. The predicted octanol–water partition coefficient (Wildman–Crippen LogP) is 5.46. The molecule has 0 spiro atoms. The zero-order valence-electron chi connectivity index (χ0n) is 25.9. The second-order valence-corrected chi connectivity index (χ2v) is 10.7. The van der Waals surface area contributed by atoms with E-state index in [2.05, 4.69) is 50.5 Å². The van der Waals surface area contributed by atoms with Crippen LogP contribution in [0.4, 0.5) is 49.7 Å². The number of rotatable bonds is 4. The van der Waals surface area contributed by atoms with E-state index in [0.29, 0.717) is 6.54 Å². The normalized spacial score (nSPS) is 17.1. The molecule has 1 aromatic carbocycles. The van der Waals surface area contributed by atoms with E-state index in [-0.39, 0.29) is 11.9 Å². The molecule has 0 bridgehead atoms. The van der Waals surface area contributed by atoms with E-state index in [1.807, 2.05) is 12.1 Å². The summed E-state index contributed by atoms with van der Waals surface area (Å²) in [5.74, 6) is -7.15. The van der Waals surface area contributed by atoms with Gasteiger partial charge < -0.3 is 20.2 Å². The number of fused-ring (bicyclic) bond motifs is 1. The lowest BCUT2D eigenvalue weighted by atomic mass is 10.1. The van der Waals surface area contributed by atoms with Crippen LogP contribution in [0.25, 0.3) is 5.65 Å². The van der Waals surface area contributed by atoms with Gasteiger partial charge in [-0.3, -0.25) is 14.2 Å². The van der Waals surface area contributed by atoms with Crippen molar-refractivity contribution in [2.75, 3.05) is 44.7 Å². The lowest BCUT2D eigenvalue weighted by Gasteiger charge is -2.38. The molecule has 2 aliphatic heterocycles. The van der Waals surface area contributed by atoms with E-state index >= 15 is 0 Å². The monoisotopic (exact) mass is 735 g/mol. The van der Waals surface area contributed by atoms with Crippen molar-refractivity contribution in [3.63, 3.8) is 0 Å². The minimum atomic E-state index is -5.08. The van der Waals surface area contributed by atoms with E-state index in [0.717, 1.165) is 49.6 Å². The summed E-state index contributed by atoms with van der Waals surface area (Å²) in [4.78, 5) is 38.8. The van der Waals surface area contributed by atoms with Crippen molar-refractivity contribution in [2.24, 2.45) is 0 Å². The Labute approximate surface area is 276 Å². The van der Waals surface area contributed by atoms with Crippen molar-refractivity contribution in [1.29, 1.82) is 0 Å². The second kappa shape index (κ2) is 17.3. The molecule has 0 aliphatic carbocycles. The fraction of sp³-hybridized carbons (Fsp3) is 0.448. The Morgan fingerprint density at radius 3 is 1.74 bits per heavy atom. The largest absolute Gasteiger partial charge is 0.490 e. The molecule has 2 fully saturated rings.